The SMILES string of the molecule is CC1(C)c2ccccc2-c2ccc(NC3=CC/C=C\CC=C3Nc3ccc4c(c3)C(C)(C)c3ccccc3-4)cc21. The minimum absolute atomic E-state index is 0.0205. The van der Waals surface area contributed by atoms with Crippen molar-refractivity contribution in [2.75, 3.05) is 10.6 Å². The van der Waals surface area contributed by atoms with Crippen LogP contribution in [0.4, 0.5) is 11.4 Å². The van der Waals surface area contributed by atoms with E-state index in [2.05, 4.69) is 148 Å². The van der Waals surface area contributed by atoms with Gasteiger partial charge < -0.3 is 10.6 Å². The van der Waals surface area contributed by atoms with E-state index in [1.807, 2.05) is 0 Å². The van der Waals surface area contributed by atoms with Crippen molar-refractivity contribution in [1.82, 2.24) is 0 Å². The van der Waals surface area contributed by atoms with Crippen molar-refractivity contribution in [3.8, 4) is 22.3 Å². The first-order valence-corrected chi connectivity index (χ1v) is 14.4. The van der Waals surface area contributed by atoms with Gasteiger partial charge in [-0.1, -0.05) is 113 Å². The van der Waals surface area contributed by atoms with E-state index in [0.717, 1.165) is 35.6 Å². The first kappa shape index (κ1) is 24.7. The third kappa shape index (κ3) is 3.85. The zero-order valence-corrected chi connectivity index (χ0v) is 23.8. The van der Waals surface area contributed by atoms with Crippen LogP contribution in [0.25, 0.3) is 22.3 Å². The molecule has 3 aliphatic rings. The fraction of sp³-hybridized carbons (Fsp3) is 0.211. The summed E-state index contributed by atoms with van der Waals surface area (Å²) in [6.45, 7) is 9.34. The lowest BCUT2D eigenvalue weighted by Crippen LogP contribution is -2.16. The van der Waals surface area contributed by atoms with E-state index >= 15 is 0 Å². The number of benzene rings is 4. The molecule has 0 unspecified atom stereocenters. The maximum Gasteiger partial charge on any atom is 0.0582 e. The minimum Gasteiger partial charge on any atom is -0.354 e. The van der Waals surface area contributed by atoms with Crippen LogP contribution in [0.3, 0.4) is 0 Å². The molecule has 4 aromatic rings. The number of anilines is 2. The van der Waals surface area contributed by atoms with E-state index in [0.29, 0.717) is 0 Å². The van der Waals surface area contributed by atoms with Crippen molar-refractivity contribution in [1.29, 1.82) is 0 Å². The van der Waals surface area contributed by atoms with Gasteiger partial charge in [0, 0.05) is 22.2 Å². The zero-order valence-electron chi connectivity index (χ0n) is 23.8. The molecule has 0 radical (unpaired) electrons. The molecule has 0 atom stereocenters. The Hall–Kier alpha value is -4.30. The van der Waals surface area contributed by atoms with Crippen LogP contribution in [0.2, 0.25) is 0 Å². The Kier molecular flexibility index (Phi) is 5.64. The maximum atomic E-state index is 3.79. The second-order valence-electron chi connectivity index (χ2n) is 12.3. The van der Waals surface area contributed by atoms with Crippen molar-refractivity contribution in [2.24, 2.45) is 0 Å². The van der Waals surface area contributed by atoms with E-state index in [9.17, 15) is 0 Å². The van der Waals surface area contributed by atoms with Crippen LogP contribution >= 0.6 is 0 Å². The van der Waals surface area contributed by atoms with Crippen LogP contribution in [-0.4, -0.2) is 0 Å². The summed E-state index contributed by atoms with van der Waals surface area (Å²) in [5.74, 6) is 0. The molecular formula is C38H36N2. The van der Waals surface area contributed by atoms with Gasteiger partial charge in [0.15, 0.2) is 0 Å². The predicted octanol–water partition coefficient (Wildman–Crippen LogP) is 9.94. The Morgan fingerprint density at radius 2 is 0.875 bits per heavy atom. The molecule has 0 heterocycles. The smallest absolute Gasteiger partial charge is 0.0582 e. The molecule has 0 aliphatic heterocycles. The van der Waals surface area contributed by atoms with Gasteiger partial charge in [-0.3, -0.25) is 0 Å². The summed E-state index contributed by atoms with van der Waals surface area (Å²) in [4.78, 5) is 0. The van der Waals surface area contributed by atoms with E-state index in [1.54, 1.807) is 0 Å². The lowest BCUT2D eigenvalue weighted by Gasteiger charge is -2.24. The molecule has 0 amide bonds. The number of fused-ring (bicyclic) bond motifs is 6. The van der Waals surface area contributed by atoms with E-state index in [-0.39, 0.29) is 10.8 Å². The van der Waals surface area contributed by atoms with Crippen molar-refractivity contribution in [3.05, 3.63) is 143 Å². The molecule has 0 spiro atoms. The average Bonchev–Trinajstić information content (AvgIpc) is 3.32. The van der Waals surface area contributed by atoms with Crippen molar-refractivity contribution in [2.45, 2.75) is 51.4 Å². The van der Waals surface area contributed by atoms with Crippen LogP contribution in [0, 0.1) is 0 Å². The summed E-state index contributed by atoms with van der Waals surface area (Å²) in [5.41, 5.74) is 15.4. The van der Waals surface area contributed by atoms with Crippen molar-refractivity contribution < 1.29 is 0 Å². The molecule has 40 heavy (non-hydrogen) atoms. The first-order valence-electron chi connectivity index (χ1n) is 14.4. The summed E-state index contributed by atoms with van der Waals surface area (Å²) in [6.07, 6.45) is 10.9. The van der Waals surface area contributed by atoms with Gasteiger partial charge in [-0.2, -0.15) is 0 Å². The second kappa shape index (κ2) is 9.13. The molecule has 0 aromatic heterocycles. The van der Waals surface area contributed by atoms with Crippen LogP contribution in [0.15, 0.2) is 121 Å². The molecule has 7 rings (SSSR count). The molecule has 0 bridgehead atoms. The highest BCUT2D eigenvalue weighted by Crippen LogP contribution is 2.50. The minimum atomic E-state index is -0.0205. The highest BCUT2D eigenvalue weighted by atomic mass is 15.0. The Morgan fingerprint density at radius 1 is 0.475 bits per heavy atom. The van der Waals surface area contributed by atoms with Crippen molar-refractivity contribution >= 4 is 11.4 Å². The molecule has 0 saturated heterocycles. The fourth-order valence-corrected chi connectivity index (χ4v) is 6.90. The number of hydrogen-bond acceptors (Lipinski definition) is 2. The van der Waals surface area contributed by atoms with E-state index < -0.39 is 0 Å². The van der Waals surface area contributed by atoms with Gasteiger partial charge in [-0.05, 0) is 81.6 Å². The van der Waals surface area contributed by atoms with E-state index in [1.165, 1.54) is 44.5 Å². The summed E-state index contributed by atoms with van der Waals surface area (Å²) >= 11 is 0. The molecule has 2 N–H and O–H groups in total. The Balaban J connectivity index is 1.20. The largest absolute Gasteiger partial charge is 0.354 e. The second-order valence-corrected chi connectivity index (χ2v) is 12.3. The molecule has 2 heteroatoms. The van der Waals surface area contributed by atoms with Gasteiger partial charge in [0.2, 0.25) is 0 Å². The van der Waals surface area contributed by atoms with Gasteiger partial charge >= 0.3 is 0 Å². The Morgan fingerprint density at radius 3 is 1.32 bits per heavy atom. The quantitative estimate of drug-likeness (QED) is 0.262. The number of rotatable bonds is 4. The average molecular weight is 521 g/mol. The highest BCUT2D eigenvalue weighted by Gasteiger charge is 2.36. The van der Waals surface area contributed by atoms with Gasteiger partial charge in [0.05, 0.1) is 11.4 Å². The van der Waals surface area contributed by atoms with Crippen LogP contribution in [0.1, 0.15) is 62.8 Å². The number of hydrogen-bond donors (Lipinski definition) is 2. The van der Waals surface area contributed by atoms with Gasteiger partial charge in [-0.25, -0.2) is 0 Å². The van der Waals surface area contributed by atoms with Gasteiger partial charge in [-0.15, -0.1) is 0 Å². The third-order valence-electron chi connectivity index (χ3n) is 9.10. The topological polar surface area (TPSA) is 24.1 Å². The summed E-state index contributed by atoms with van der Waals surface area (Å²) in [5, 5.41) is 7.58. The van der Waals surface area contributed by atoms with Gasteiger partial charge in [0.1, 0.15) is 0 Å². The summed E-state index contributed by atoms with van der Waals surface area (Å²) < 4.78 is 0. The molecule has 3 aliphatic carbocycles. The predicted molar refractivity (Wildman–Crippen MR) is 170 cm³/mol. The standard InChI is InChI=1S/C38H36N2/c1-37(2)31-15-11-9-13-27(31)29-21-19-25(23-33(29)37)39-35-17-7-5-6-8-18-36(35)40-26-20-22-30-28-14-10-12-16-32(28)38(3,4)34(30)24-26/h5-6,9-24,39-40H,7-8H2,1-4H3/b6-5-,35-17?,36-18?. The molecule has 0 saturated carbocycles. The van der Waals surface area contributed by atoms with Gasteiger partial charge in [0.25, 0.3) is 0 Å². The lowest BCUT2D eigenvalue weighted by molar-refractivity contribution is 0.660. The molecule has 0 fully saturated rings. The lowest BCUT2D eigenvalue weighted by atomic mass is 9.82. The number of nitrogens with one attached hydrogen (secondary N) is 2. The first-order chi connectivity index (χ1) is 19.3. The third-order valence-corrected chi connectivity index (χ3v) is 9.10. The van der Waals surface area contributed by atoms with Crippen LogP contribution < -0.4 is 10.6 Å². The molecule has 2 nitrogen and oxygen atoms in total. The molecular weight excluding hydrogens is 484 g/mol. The highest BCUT2D eigenvalue weighted by molar-refractivity contribution is 5.84. The molecule has 4 aromatic carbocycles. The monoisotopic (exact) mass is 520 g/mol. The van der Waals surface area contributed by atoms with Crippen LogP contribution in [0.5, 0.6) is 0 Å². The molecule has 198 valence electrons. The Labute approximate surface area is 238 Å². The van der Waals surface area contributed by atoms with E-state index in [4.69, 9.17) is 0 Å². The fourth-order valence-electron chi connectivity index (χ4n) is 6.90. The summed E-state index contributed by atoms with van der Waals surface area (Å²) in [7, 11) is 0. The normalized spacial score (nSPS) is 18.2. The maximum absolute atomic E-state index is 3.79. The van der Waals surface area contributed by atoms with Crippen LogP contribution in [-0.2, 0) is 10.8 Å². The Bertz CT molecular complexity index is 1620. The number of allylic oxidation sites excluding steroid dienone is 4. The zero-order chi connectivity index (χ0) is 27.5. The van der Waals surface area contributed by atoms with Crippen molar-refractivity contribution in [3.63, 3.8) is 0 Å². The summed E-state index contributed by atoms with van der Waals surface area (Å²) in [6, 6.07) is 31.3.